The fourth-order valence-electron chi connectivity index (χ4n) is 2.85. The average molecular weight is 379 g/mol. The molecule has 1 aliphatic carbocycles. The first-order valence-electron chi connectivity index (χ1n) is 7.67. The van der Waals surface area contributed by atoms with Crippen LogP contribution in [-0.4, -0.2) is 40.1 Å². The highest BCUT2D eigenvalue weighted by Crippen LogP contribution is 2.46. The summed E-state index contributed by atoms with van der Waals surface area (Å²) in [7, 11) is 1.06. The van der Waals surface area contributed by atoms with E-state index in [0.717, 1.165) is 7.05 Å². The van der Waals surface area contributed by atoms with Gasteiger partial charge in [0.1, 0.15) is 17.1 Å². The molecule has 0 saturated carbocycles. The van der Waals surface area contributed by atoms with E-state index in [0.29, 0.717) is 34.2 Å². The molecule has 1 heterocycles. The molecule has 0 spiro atoms. The molecule has 0 unspecified atom stereocenters. The van der Waals surface area contributed by atoms with Crippen LogP contribution in [0.15, 0.2) is 34.7 Å². The summed E-state index contributed by atoms with van der Waals surface area (Å²) in [5, 5.41) is 19.8. The molecule has 0 aromatic heterocycles. The average Bonchev–Trinajstić information content (AvgIpc) is 2.58. The fraction of sp³-hybridized carbons (Fsp3) is 0.235. The largest absolute Gasteiger partial charge is 0.507 e. The van der Waals surface area contributed by atoms with Crippen LogP contribution in [0.3, 0.4) is 0 Å². The van der Waals surface area contributed by atoms with Crippen molar-refractivity contribution in [3.05, 3.63) is 40.3 Å². The second kappa shape index (κ2) is 6.38. The first-order valence-corrected chi connectivity index (χ1v) is 8.05. The van der Waals surface area contributed by atoms with Crippen molar-refractivity contribution < 1.29 is 29.3 Å². The van der Waals surface area contributed by atoms with E-state index in [2.05, 4.69) is 0 Å². The highest BCUT2D eigenvalue weighted by atomic mass is 35.5. The van der Waals surface area contributed by atoms with Crippen LogP contribution in [0.5, 0.6) is 11.5 Å². The van der Waals surface area contributed by atoms with Crippen molar-refractivity contribution in [1.29, 1.82) is 0 Å². The lowest BCUT2D eigenvalue weighted by molar-refractivity contribution is -0.116. The molecular weight excluding hydrogens is 364 g/mol. The molecule has 0 saturated heterocycles. The van der Waals surface area contributed by atoms with Crippen molar-refractivity contribution in [2.24, 2.45) is 0 Å². The number of phenolic OH excluding ortho intramolecular Hbond substituents is 1. The summed E-state index contributed by atoms with van der Waals surface area (Å²) < 4.78 is 5.81. The second-order valence-corrected chi connectivity index (χ2v) is 6.30. The Morgan fingerprint density at radius 1 is 1.27 bits per heavy atom. The number of nitrogens with zero attached hydrogens (tertiary/aromatic N) is 2. The summed E-state index contributed by atoms with van der Waals surface area (Å²) in [6, 6.07) is 2.63. The molecule has 1 aliphatic heterocycles. The molecule has 2 aliphatic rings. The number of halogens is 1. The first-order chi connectivity index (χ1) is 12.2. The number of imide groups is 1. The number of anilines is 1. The fourth-order valence-corrected chi connectivity index (χ4v) is 3.05. The Bertz CT molecular complexity index is 905. The number of allylic oxidation sites excluding steroid dienone is 3. The highest BCUT2D eigenvalue weighted by molar-refractivity contribution is 6.30. The number of ether oxygens (including phenoxy) is 1. The van der Waals surface area contributed by atoms with Gasteiger partial charge in [0.2, 0.25) is 5.91 Å². The topological polar surface area (TPSA) is 107 Å². The van der Waals surface area contributed by atoms with Crippen LogP contribution in [0.1, 0.15) is 30.1 Å². The van der Waals surface area contributed by atoms with Crippen LogP contribution in [0.25, 0.3) is 0 Å². The van der Waals surface area contributed by atoms with Crippen LogP contribution < -0.4 is 9.64 Å². The van der Waals surface area contributed by atoms with Gasteiger partial charge in [0.05, 0.1) is 11.4 Å². The minimum atomic E-state index is -1.49. The maximum absolute atomic E-state index is 12.5. The maximum Gasteiger partial charge on any atom is 0.414 e. The number of amides is 3. The smallest absolute Gasteiger partial charge is 0.414 e. The number of aromatic hydroxyl groups is 1. The standard InChI is InChI=1S/C17H15ClN2O6/c1-8(21)20-10-4-5-12(22)14(16(23)19(2)17(24)25)15(10)26-13-6-3-9(18)7-11(13)20/h4-5,7,22H,3,6H2,1-2H3,(H,24,25). The Hall–Kier alpha value is -3.00. The van der Waals surface area contributed by atoms with Crippen molar-refractivity contribution >= 4 is 35.2 Å². The lowest BCUT2D eigenvalue weighted by Gasteiger charge is -2.34. The molecule has 8 nitrogen and oxygen atoms in total. The van der Waals surface area contributed by atoms with Crippen LogP contribution in [0, 0.1) is 0 Å². The molecule has 0 bridgehead atoms. The number of carboxylic acid groups (broad SMARTS) is 1. The summed E-state index contributed by atoms with van der Waals surface area (Å²) in [6.45, 7) is 1.34. The van der Waals surface area contributed by atoms with E-state index in [1.807, 2.05) is 0 Å². The van der Waals surface area contributed by atoms with E-state index in [-0.39, 0.29) is 22.9 Å². The SMILES string of the molecule is CC(=O)N1C2=C(CCC(Cl)=C2)Oc2c1ccc(O)c2C(=O)N(C)C(=O)O. The van der Waals surface area contributed by atoms with Gasteiger partial charge in [0.25, 0.3) is 5.91 Å². The number of carbonyl (C=O) groups excluding carboxylic acids is 2. The predicted octanol–water partition coefficient (Wildman–Crippen LogP) is 3.02. The third-order valence-electron chi connectivity index (χ3n) is 4.11. The van der Waals surface area contributed by atoms with E-state index in [9.17, 15) is 19.5 Å². The molecule has 0 radical (unpaired) electrons. The van der Waals surface area contributed by atoms with Gasteiger partial charge < -0.3 is 14.9 Å². The zero-order valence-electron chi connectivity index (χ0n) is 13.9. The molecule has 1 aromatic rings. The summed E-state index contributed by atoms with van der Waals surface area (Å²) in [6.07, 6.45) is 1.02. The Kier molecular flexibility index (Phi) is 4.37. The van der Waals surface area contributed by atoms with Gasteiger partial charge in [0.15, 0.2) is 5.75 Å². The minimum Gasteiger partial charge on any atom is -0.507 e. The van der Waals surface area contributed by atoms with Crippen molar-refractivity contribution in [2.45, 2.75) is 19.8 Å². The Labute approximate surface area is 153 Å². The van der Waals surface area contributed by atoms with Crippen molar-refractivity contribution in [3.63, 3.8) is 0 Å². The summed E-state index contributed by atoms with van der Waals surface area (Å²) in [4.78, 5) is 37.6. The molecule has 2 N–H and O–H groups in total. The van der Waals surface area contributed by atoms with Crippen LogP contribution in [0.4, 0.5) is 10.5 Å². The zero-order chi connectivity index (χ0) is 19.2. The number of benzene rings is 1. The summed E-state index contributed by atoms with van der Waals surface area (Å²) in [5.41, 5.74) is 0.349. The zero-order valence-corrected chi connectivity index (χ0v) is 14.7. The molecule has 136 valence electrons. The number of carbonyl (C=O) groups is 3. The van der Waals surface area contributed by atoms with Gasteiger partial charge in [0, 0.05) is 25.4 Å². The van der Waals surface area contributed by atoms with Gasteiger partial charge in [-0.25, -0.2) is 9.69 Å². The first kappa shape index (κ1) is 17.8. The third kappa shape index (κ3) is 2.78. The second-order valence-electron chi connectivity index (χ2n) is 5.81. The number of fused-ring (bicyclic) bond motifs is 1. The summed E-state index contributed by atoms with van der Waals surface area (Å²) >= 11 is 6.08. The molecule has 0 fully saturated rings. The Morgan fingerprint density at radius 2 is 1.96 bits per heavy atom. The van der Waals surface area contributed by atoms with Crippen LogP contribution in [-0.2, 0) is 4.79 Å². The normalized spacial score (nSPS) is 15.5. The monoisotopic (exact) mass is 378 g/mol. The van der Waals surface area contributed by atoms with E-state index in [4.69, 9.17) is 21.4 Å². The Morgan fingerprint density at radius 3 is 2.58 bits per heavy atom. The van der Waals surface area contributed by atoms with Gasteiger partial charge in [-0.2, -0.15) is 0 Å². The summed E-state index contributed by atoms with van der Waals surface area (Å²) in [5.74, 6) is -1.42. The van der Waals surface area contributed by atoms with E-state index < -0.39 is 17.7 Å². The third-order valence-corrected chi connectivity index (χ3v) is 4.41. The molecular formula is C17H15ClN2O6. The van der Waals surface area contributed by atoms with Gasteiger partial charge in [-0.3, -0.25) is 14.5 Å². The van der Waals surface area contributed by atoms with Gasteiger partial charge in [-0.15, -0.1) is 0 Å². The number of hydrogen-bond acceptors (Lipinski definition) is 5. The highest BCUT2D eigenvalue weighted by Gasteiger charge is 2.36. The molecule has 1 aromatic carbocycles. The molecule has 26 heavy (non-hydrogen) atoms. The quantitative estimate of drug-likeness (QED) is 0.777. The van der Waals surface area contributed by atoms with E-state index >= 15 is 0 Å². The van der Waals surface area contributed by atoms with Gasteiger partial charge in [-0.05, 0) is 24.6 Å². The van der Waals surface area contributed by atoms with Crippen molar-refractivity contribution in [2.75, 3.05) is 11.9 Å². The van der Waals surface area contributed by atoms with E-state index in [1.54, 1.807) is 6.08 Å². The van der Waals surface area contributed by atoms with Crippen LogP contribution >= 0.6 is 11.6 Å². The predicted molar refractivity (Wildman–Crippen MR) is 92.2 cm³/mol. The molecule has 0 atom stereocenters. The Balaban J connectivity index is 2.21. The number of rotatable bonds is 1. The van der Waals surface area contributed by atoms with Gasteiger partial charge in [-0.1, -0.05) is 11.6 Å². The minimum absolute atomic E-state index is 0.0662. The van der Waals surface area contributed by atoms with Crippen LogP contribution in [0.2, 0.25) is 0 Å². The van der Waals surface area contributed by atoms with E-state index in [1.165, 1.54) is 24.0 Å². The molecule has 3 amide bonds. The van der Waals surface area contributed by atoms with Gasteiger partial charge >= 0.3 is 6.09 Å². The lowest BCUT2D eigenvalue weighted by atomic mass is 10.0. The molecule has 9 heteroatoms. The number of hydrogen-bond donors (Lipinski definition) is 2. The maximum atomic E-state index is 12.5. The lowest BCUT2D eigenvalue weighted by Crippen LogP contribution is -2.35. The molecule has 3 rings (SSSR count). The van der Waals surface area contributed by atoms with Crippen molar-refractivity contribution in [3.8, 4) is 11.5 Å². The van der Waals surface area contributed by atoms with Crippen molar-refractivity contribution in [1.82, 2.24) is 4.90 Å². The number of phenols is 1.